The van der Waals surface area contributed by atoms with E-state index in [1.165, 1.54) is 11.6 Å². The second-order valence-electron chi connectivity index (χ2n) is 9.47. The summed E-state index contributed by atoms with van der Waals surface area (Å²) in [4.78, 5) is 17.1. The van der Waals surface area contributed by atoms with Gasteiger partial charge in [0.2, 0.25) is 0 Å². The van der Waals surface area contributed by atoms with Gasteiger partial charge in [-0.15, -0.1) is 0 Å². The molecule has 0 unspecified atom stereocenters. The predicted octanol–water partition coefficient (Wildman–Crippen LogP) is 5.14. The smallest absolute Gasteiger partial charge is 0.381 e. The van der Waals surface area contributed by atoms with E-state index in [0.717, 1.165) is 12.5 Å². The number of hydrogen-bond donors (Lipinski definition) is 0. The van der Waals surface area contributed by atoms with Crippen LogP contribution in [0.25, 0.3) is 0 Å². The summed E-state index contributed by atoms with van der Waals surface area (Å²) in [5, 5.41) is 9.11. The number of ether oxygens (including phenoxy) is 1. The zero-order valence-corrected chi connectivity index (χ0v) is 20.1. The molecule has 2 aliphatic heterocycles. The third-order valence-electron chi connectivity index (χ3n) is 7.42. The van der Waals surface area contributed by atoms with Crippen LogP contribution in [0.5, 0.6) is 0 Å². The van der Waals surface area contributed by atoms with Crippen molar-refractivity contribution in [3.05, 3.63) is 64.7 Å². The van der Waals surface area contributed by atoms with Gasteiger partial charge in [-0.2, -0.15) is 18.4 Å². The summed E-state index contributed by atoms with van der Waals surface area (Å²) in [7, 11) is 0. The van der Waals surface area contributed by atoms with E-state index in [2.05, 4.69) is 6.92 Å². The van der Waals surface area contributed by atoms with Crippen LogP contribution in [-0.2, 0) is 17.3 Å². The van der Waals surface area contributed by atoms with Gasteiger partial charge in [0.05, 0.1) is 23.8 Å². The molecular weight excluding hydrogens is 455 g/mol. The molecular formula is C27H30F3N3O2. The minimum absolute atomic E-state index is 0.0257. The van der Waals surface area contributed by atoms with Crippen LogP contribution in [0.4, 0.5) is 18.9 Å². The van der Waals surface area contributed by atoms with Gasteiger partial charge in [0.15, 0.2) is 0 Å². The van der Waals surface area contributed by atoms with Gasteiger partial charge in [-0.05, 0) is 55.7 Å². The standard InChI is InChI=1S/C27H30F3N3O2/c1-3-19-5-7-20(8-6-19)25(34)33-16-22-15-32(12-11-26(22,17-33)18-35-4-2)23-10-9-21(14-31)24(13-23)27(28,29)30/h5-10,13,22H,3-4,11-12,15-18H2,1-2H3/t22-,26+/m1/s1. The number of aryl methyl sites for hydroxylation is 1. The van der Waals surface area contributed by atoms with E-state index >= 15 is 0 Å². The first-order valence-electron chi connectivity index (χ1n) is 12.0. The number of amides is 1. The number of alkyl halides is 3. The third kappa shape index (κ3) is 5.01. The van der Waals surface area contributed by atoms with Crippen LogP contribution in [0.1, 0.15) is 47.3 Å². The van der Waals surface area contributed by atoms with Crippen molar-refractivity contribution in [3.8, 4) is 6.07 Å². The lowest BCUT2D eigenvalue weighted by Crippen LogP contribution is -2.49. The SMILES string of the molecule is CCOC[C@@]12CCN(c3ccc(C#N)c(C(F)(F)F)c3)C[C@@H]1CN(C(=O)c1ccc(CC)cc1)C2. The molecule has 2 aromatic carbocycles. The Morgan fingerprint density at radius 2 is 1.91 bits per heavy atom. The maximum atomic E-state index is 13.5. The number of carbonyl (C=O) groups excluding carboxylic acids is 1. The van der Waals surface area contributed by atoms with E-state index < -0.39 is 11.7 Å². The maximum Gasteiger partial charge on any atom is 0.417 e. The Morgan fingerprint density at radius 3 is 2.54 bits per heavy atom. The molecule has 5 nitrogen and oxygen atoms in total. The van der Waals surface area contributed by atoms with Crippen LogP contribution >= 0.6 is 0 Å². The second-order valence-corrected chi connectivity index (χ2v) is 9.47. The molecule has 2 atom stereocenters. The quantitative estimate of drug-likeness (QED) is 0.568. The fourth-order valence-corrected chi connectivity index (χ4v) is 5.34. The van der Waals surface area contributed by atoms with Crippen molar-refractivity contribution in [2.75, 3.05) is 44.3 Å². The molecule has 0 aliphatic carbocycles. The van der Waals surface area contributed by atoms with Gasteiger partial charge in [0.25, 0.3) is 5.91 Å². The lowest BCUT2D eigenvalue weighted by molar-refractivity contribution is -0.137. The number of benzene rings is 2. The molecule has 0 aromatic heterocycles. The molecule has 0 spiro atoms. The van der Waals surface area contributed by atoms with Gasteiger partial charge in [-0.1, -0.05) is 19.1 Å². The number of nitrogens with zero attached hydrogens (tertiary/aromatic N) is 3. The molecule has 8 heteroatoms. The van der Waals surface area contributed by atoms with Crippen molar-refractivity contribution in [3.63, 3.8) is 0 Å². The highest BCUT2D eigenvalue weighted by Crippen LogP contribution is 2.45. The number of carbonyl (C=O) groups is 1. The van der Waals surface area contributed by atoms with Gasteiger partial charge in [-0.25, -0.2) is 0 Å². The summed E-state index contributed by atoms with van der Waals surface area (Å²) in [6.07, 6.45) is -2.99. The molecule has 0 radical (unpaired) electrons. The van der Waals surface area contributed by atoms with Crippen molar-refractivity contribution in [2.24, 2.45) is 11.3 Å². The first-order valence-corrected chi connectivity index (χ1v) is 12.0. The Balaban J connectivity index is 1.57. The second kappa shape index (κ2) is 9.90. The van der Waals surface area contributed by atoms with E-state index in [9.17, 15) is 18.0 Å². The van der Waals surface area contributed by atoms with Crippen molar-refractivity contribution >= 4 is 11.6 Å². The molecule has 2 aromatic rings. The number of nitriles is 1. The highest BCUT2D eigenvalue weighted by Gasteiger charge is 2.51. The Labute approximate surface area is 204 Å². The lowest BCUT2D eigenvalue weighted by atomic mass is 9.73. The Morgan fingerprint density at radius 1 is 1.17 bits per heavy atom. The number of piperidine rings is 1. The fraction of sp³-hybridized carbons (Fsp3) is 0.481. The molecule has 0 saturated carbocycles. The zero-order chi connectivity index (χ0) is 25.2. The van der Waals surface area contributed by atoms with Crippen LogP contribution in [0.2, 0.25) is 0 Å². The minimum atomic E-state index is -4.60. The van der Waals surface area contributed by atoms with Gasteiger partial charge >= 0.3 is 6.18 Å². The summed E-state index contributed by atoms with van der Waals surface area (Å²) in [6.45, 7) is 7.26. The van der Waals surface area contributed by atoms with E-state index in [4.69, 9.17) is 10.00 Å². The van der Waals surface area contributed by atoms with Crippen molar-refractivity contribution < 1.29 is 22.7 Å². The van der Waals surface area contributed by atoms with E-state index in [1.54, 1.807) is 12.1 Å². The highest BCUT2D eigenvalue weighted by molar-refractivity contribution is 5.94. The van der Waals surface area contributed by atoms with Crippen molar-refractivity contribution in [1.29, 1.82) is 5.26 Å². The van der Waals surface area contributed by atoms with Gasteiger partial charge in [-0.3, -0.25) is 4.79 Å². The lowest BCUT2D eigenvalue weighted by Gasteiger charge is -2.44. The number of likely N-dealkylation sites (tertiary alicyclic amines) is 1. The minimum Gasteiger partial charge on any atom is -0.381 e. The van der Waals surface area contributed by atoms with Crippen LogP contribution in [-0.4, -0.2) is 50.2 Å². The molecule has 2 saturated heterocycles. The Kier molecular flexibility index (Phi) is 7.09. The summed E-state index contributed by atoms with van der Waals surface area (Å²) in [5.74, 6) is 0.0360. The summed E-state index contributed by atoms with van der Waals surface area (Å²) >= 11 is 0. The number of anilines is 1. The Hall–Kier alpha value is -3.05. The molecule has 35 heavy (non-hydrogen) atoms. The van der Waals surface area contributed by atoms with Crippen LogP contribution in [0, 0.1) is 22.7 Å². The monoisotopic (exact) mass is 485 g/mol. The van der Waals surface area contributed by atoms with E-state index in [-0.39, 0.29) is 22.8 Å². The van der Waals surface area contributed by atoms with Crippen LogP contribution in [0.15, 0.2) is 42.5 Å². The van der Waals surface area contributed by atoms with E-state index in [0.29, 0.717) is 57.1 Å². The maximum absolute atomic E-state index is 13.5. The molecule has 2 heterocycles. The molecule has 4 rings (SSSR count). The fourth-order valence-electron chi connectivity index (χ4n) is 5.34. The topological polar surface area (TPSA) is 56.6 Å². The zero-order valence-electron chi connectivity index (χ0n) is 20.1. The molecule has 0 bridgehead atoms. The number of halogens is 3. The summed E-state index contributed by atoms with van der Waals surface area (Å²) in [5.41, 5.74) is 0.733. The molecule has 1 amide bonds. The normalized spacial score (nSPS) is 22.1. The molecule has 2 aliphatic rings. The van der Waals surface area contributed by atoms with Crippen molar-refractivity contribution in [1.82, 2.24) is 4.90 Å². The van der Waals surface area contributed by atoms with Gasteiger partial charge in [0.1, 0.15) is 0 Å². The van der Waals surface area contributed by atoms with Crippen LogP contribution < -0.4 is 4.90 Å². The predicted molar refractivity (Wildman–Crippen MR) is 127 cm³/mol. The van der Waals surface area contributed by atoms with Gasteiger partial charge < -0.3 is 14.5 Å². The number of hydrogen-bond acceptors (Lipinski definition) is 4. The van der Waals surface area contributed by atoms with Crippen molar-refractivity contribution in [2.45, 2.75) is 32.9 Å². The molecule has 2 fully saturated rings. The molecule has 0 N–H and O–H groups in total. The largest absolute Gasteiger partial charge is 0.417 e. The Bertz CT molecular complexity index is 1110. The first kappa shape index (κ1) is 25.1. The van der Waals surface area contributed by atoms with E-state index in [1.807, 2.05) is 41.0 Å². The highest BCUT2D eigenvalue weighted by atomic mass is 19.4. The van der Waals surface area contributed by atoms with Gasteiger partial charge in [0, 0.05) is 55.4 Å². The number of fused-ring (bicyclic) bond motifs is 1. The average Bonchev–Trinajstić information content (AvgIpc) is 3.25. The third-order valence-corrected chi connectivity index (χ3v) is 7.42. The average molecular weight is 486 g/mol. The summed E-state index contributed by atoms with van der Waals surface area (Å²) < 4.78 is 46.4. The summed E-state index contributed by atoms with van der Waals surface area (Å²) in [6, 6.07) is 13.2. The first-order chi connectivity index (χ1) is 16.7. The molecule has 186 valence electrons. The van der Waals surface area contributed by atoms with Crippen LogP contribution in [0.3, 0.4) is 0 Å². The number of rotatable bonds is 6.